The highest BCUT2D eigenvalue weighted by Gasteiger charge is 2.06. The maximum atomic E-state index is 12.8. The summed E-state index contributed by atoms with van der Waals surface area (Å²) >= 11 is 0. The Hall–Kier alpha value is -2.60. The van der Waals surface area contributed by atoms with E-state index in [1.54, 1.807) is 50.5 Å². The SMILES string of the molecule is CN(C)C(=O)c1ccc(C#Cc2ccc(F)cc2)cc1. The highest BCUT2D eigenvalue weighted by atomic mass is 19.1. The Morgan fingerprint density at radius 2 is 1.35 bits per heavy atom. The standard InChI is InChI=1S/C17H14FNO/c1-19(2)17(20)15-9-5-13(6-10-15)3-4-14-7-11-16(18)12-8-14/h5-12H,1-2H3. The second-order valence-electron chi connectivity index (χ2n) is 4.53. The van der Waals surface area contributed by atoms with Gasteiger partial charge in [-0.25, -0.2) is 4.39 Å². The van der Waals surface area contributed by atoms with Crippen LogP contribution in [-0.2, 0) is 0 Å². The van der Waals surface area contributed by atoms with Crippen LogP contribution >= 0.6 is 0 Å². The smallest absolute Gasteiger partial charge is 0.253 e. The lowest BCUT2D eigenvalue weighted by Crippen LogP contribution is -2.21. The van der Waals surface area contributed by atoms with Gasteiger partial charge >= 0.3 is 0 Å². The molecule has 0 aromatic heterocycles. The summed E-state index contributed by atoms with van der Waals surface area (Å²) in [5.74, 6) is 5.61. The zero-order chi connectivity index (χ0) is 14.5. The van der Waals surface area contributed by atoms with Crippen molar-refractivity contribution in [3.8, 4) is 11.8 Å². The van der Waals surface area contributed by atoms with Crippen LogP contribution in [0.4, 0.5) is 4.39 Å². The summed E-state index contributed by atoms with van der Waals surface area (Å²) < 4.78 is 12.8. The van der Waals surface area contributed by atoms with Gasteiger partial charge in [0.2, 0.25) is 0 Å². The summed E-state index contributed by atoms with van der Waals surface area (Å²) in [4.78, 5) is 13.2. The van der Waals surface area contributed by atoms with Gasteiger partial charge in [0.05, 0.1) is 0 Å². The van der Waals surface area contributed by atoms with E-state index < -0.39 is 0 Å². The Kier molecular flexibility index (Phi) is 4.17. The van der Waals surface area contributed by atoms with Gasteiger partial charge in [-0.15, -0.1) is 0 Å². The van der Waals surface area contributed by atoms with Crippen molar-refractivity contribution in [2.75, 3.05) is 14.1 Å². The van der Waals surface area contributed by atoms with Crippen molar-refractivity contribution in [1.82, 2.24) is 4.90 Å². The summed E-state index contributed by atoms with van der Waals surface area (Å²) in [6.07, 6.45) is 0. The van der Waals surface area contributed by atoms with E-state index in [0.29, 0.717) is 5.56 Å². The number of nitrogens with zero attached hydrogens (tertiary/aromatic N) is 1. The van der Waals surface area contributed by atoms with Crippen LogP contribution in [0.1, 0.15) is 21.5 Å². The number of rotatable bonds is 1. The van der Waals surface area contributed by atoms with Gasteiger partial charge in [0.25, 0.3) is 5.91 Å². The molecule has 0 aliphatic rings. The molecule has 2 rings (SSSR count). The topological polar surface area (TPSA) is 20.3 Å². The second-order valence-corrected chi connectivity index (χ2v) is 4.53. The highest BCUT2D eigenvalue weighted by molar-refractivity contribution is 5.93. The quantitative estimate of drug-likeness (QED) is 0.727. The lowest BCUT2D eigenvalue weighted by molar-refractivity contribution is 0.0827. The van der Waals surface area contributed by atoms with E-state index in [1.165, 1.54) is 17.0 Å². The number of halogens is 1. The molecule has 0 saturated heterocycles. The maximum Gasteiger partial charge on any atom is 0.253 e. The van der Waals surface area contributed by atoms with E-state index in [4.69, 9.17) is 0 Å². The van der Waals surface area contributed by atoms with E-state index in [2.05, 4.69) is 11.8 Å². The lowest BCUT2D eigenvalue weighted by Gasteiger charge is -2.09. The highest BCUT2D eigenvalue weighted by Crippen LogP contribution is 2.06. The van der Waals surface area contributed by atoms with Crippen molar-refractivity contribution in [2.24, 2.45) is 0 Å². The number of hydrogen-bond donors (Lipinski definition) is 0. The molecule has 0 saturated carbocycles. The van der Waals surface area contributed by atoms with E-state index in [1.807, 2.05) is 0 Å². The third-order valence-corrected chi connectivity index (χ3v) is 2.73. The molecule has 0 aliphatic heterocycles. The molecule has 2 aromatic rings. The largest absolute Gasteiger partial charge is 0.345 e. The molecule has 0 unspecified atom stereocenters. The van der Waals surface area contributed by atoms with E-state index >= 15 is 0 Å². The first-order chi connectivity index (χ1) is 9.56. The fourth-order valence-corrected chi connectivity index (χ4v) is 1.63. The molecule has 2 aromatic carbocycles. The predicted octanol–water partition coefficient (Wildman–Crippen LogP) is 2.93. The van der Waals surface area contributed by atoms with Crippen LogP contribution in [0.15, 0.2) is 48.5 Å². The van der Waals surface area contributed by atoms with Crippen LogP contribution in [0.5, 0.6) is 0 Å². The average molecular weight is 267 g/mol. The molecule has 2 nitrogen and oxygen atoms in total. The zero-order valence-corrected chi connectivity index (χ0v) is 11.4. The Morgan fingerprint density at radius 1 is 0.900 bits per heavy atom. The summed E-state index contributed by atoms with van der Waals surface area (Å²) in [6, 6.07) is 13.1. The summed E-state index contributed by atoms with van der Waals surface area (Å²) in [5.41, 5.74) is 2.19. The van der Waals surface area contributed by atoms with Gasteiger partial charge in [0.15, 0.2) is 0 Å². The van der Waals surface area contributed by atoms with Gasteiger partial charge in [-0.1, -0.05) is 11.8 Å². The fourth-order valence-electron chi connectivity index (χ4n) is 1.63. The van der Waals surface area contributed by atoms with Gasteiger partial charge in [-0.3, -0.25) is 4.79 Å². The molecule has 0 radical (unpaired) electrons. The summed E-state index contributed by atoms with van der Waals surface area (Å²) in [5, 5.41) is 0. The van der Waals surface area contributed by atoms with Crippen LogP contribution < -0.4 is 0 Å². The van der Waals surface area contributed by atoms with Crippen molar-refractivity contribution in [3.05, 3.63) is 71.0 Å². The number of benzene rings is 2. The molecule has 0 atom stereocenters. The zero-order valence-electron chi connectivity index (χ0n) is 11.4. The third kappa shape index (κ3) is 3.46. The number of carbonyl (C=O) groups is 1. The van der Waals surface area contributed by atoms with Gasteiger partial charge in [0.1, 0.15) is 5.82 Å². The number of amides is 1. The first kappa shape index (κ1) is 13.8. The monoisotopic (exact) mass is 267 g/mol. The molecule has 1 amide bonds. The average Bonchev–Trinajstić information content (AvgIpc) is 2.46. The molecule has 0 fully saturated rings. The normalized spacial score (nSPS) is 9.55. The van der Waals surface area contributed by atoms with Gasteiger partial charge in [-0.2, -0.15) is 0 Å². The minimum atomic E-state index is -0.276. The molecule has 3 heteroatoms. The molecule has 20 heavy (non-hydrogen) atoms. The van der Waals surface area contributed by atoms with Crippen molar-refractivity contribution in [1.29, 1.82) is 0 Å². The van der Waals surface area contributed by atoms with Gasteiger partial charge < -0.3 is 4.90 Å². The van der Waals surface area contributed by atoms with E-state index in [-0.39, 0.29) is 11.7 Å². The molecule has 0 N–H and O–H groups in total. The summed E-state index contributed by atoms with van der Waals surface area (Å²) in [6.45, 7) is 0. The maximum absolute atomic E-state index is 12.8. The van der Waals surface area contributed by atoms with Crippen molar-refractivity contribution >= 4 is 5.91 Å². The fraction of sp³-hybridized carbons (Fsp3) is 0.118. The minimum absolute atomic E-state index is 0.0388. The van der Waals surface area contributed by atoms with Crippen LogP contribution in [0.2, 0.25) is 0 Å². The van der Waals surface area contributed by atoms with E-state index in [9.17, 15) is 9.18 Å². The van der Waals surface area contributed by atoms with Crippen LogP contribution in [0.3, 0.4) is 0 Å². The van der Waals surface area contributed by atoms with Crippen LogP contribution in [-0.4, -0.2) is 24.9 Å². The Bertz CT molecular complexity index is 661. The van der Waals surface area contributed by atoms with Crippen molar-refractivity contribution in [2.45, 2.75) is 0 Å². The molecule has 0 heterocycles. The molecule has 0 bridgehead atoms. The Labute approximate surface area is 117 Å². The number of carbonyl (C=O) groups excluding carboxylic acids is 1. The number of hydrogen-bond acceptors (Lipinski definition) is 1. The van der Waals surface area contributed by atoms with E-state index in [0.717, 1.165) is 11.1 Å². The second kappa shape index (κ2) is 6.03. The first-order valence-electron chi connectivity index (χ1n) is 6.15. The summed E-state index contributed by atoms with van der Waals surface area (Å²) in [7, 11) is 3.43. The Morgan fingerprint density at radius 3 is 1.80 bits per heavy atom. The molecule has 0 aliphatic carbocycles. The molecule has 0 spiro atoms. The van der Waals surface area contributed by atoms with Crippen LogP contribution in [0.25, 0.3) is 0 Å². The predicted molar refractivity (Wildman–Crippen MR) is 76.8 cm³/mol. The molecular weight excluding hydrogens is 253 g/mol. The van der Waals surface area contributed by atoms with Gasteiger partial charge in [0, 0.05) is 30.8 Å². The van der Waals surface area contributed by atoms with Crippen molar-refractivity contribution in [3.63, 3.8) is 0 Å². The first-order valence-corrected chi connectivity index (χ1v) is 6.15. The minimum Gasteiger partial charge on any atom is -0.345 e. The molecular formula is C17H14FNO. The molecule has 100 valence electrons. The third-order valence-electron chi connectivity index (χ3n) is 2.73. The van der Waals surface area contributed by atoms with Gasteiger partial charge in [-0.05, 0) is 48.5 Å². The van der Waals surface area contributed by atoms with Crippen LogP contribution in [0, 0.1) is 17.7 Å². The van der Waals surface area contributed by atoms with Crippen molar-refractivity contribution < 1.29 is 9.18 Å². The Balaban J connectivity index is 2.16. The lowest BCUT2D eigenvalue weighted by atomic mass is 10.1.